The van der Waals surface area contributed by atoms with Crippen LogP contribution in [0.25, 0.3) is 16.6 Å². The number of fused-ring (bicyclic) bond motifs is 1. The second kappa shape index (κ2) is 10.3. The number of ketones is 1. The Morgan fingerprint density at radius 3 is 2.35 bits per heavy atom. The Labute approximate surface area is 226 Å². The third-order valence-electron chi connectivity index (χ3n) is 6.32. The van der Waals surface area contributed by atoms with Crippen molar-refractivity contribution in [1.29, 1.82) is 0 Å². The van der Waals surface area contributed by atoms with E-state index in [1.165, 1.54) is 10.6 Å². The summed E-state index contributed by atoms with van der Waals surface area (Å²) in [6.45, 7) is 3.18. The third-order valence-corrected chi connectivity index (χ3v) is 6.32. The molecule has 0 spiro atoms. The van der Waals surface area contributed by atoms with E-state index in [4.69, 9.17) is 5.73 Å². The lowest BCUT2D eigenvalue weighted by Crippen LogP contribution is -2.17. The number of aliphatic imine (C=N–C) groups is 1. The molecular formula is C28H24F3N7O2. The van der Waals surface area contributed by atoms with Crippen molar-refractivity contribution < 1.29 is 23.1 Å². The summed E-state index contributed by atoms with van der Waals surface area (Å²) in [6, 6.07) is 17.6. The van der Waals surface area contributed by atoms with Gasteiger partial charge in [-0.3, -0.25) is 14.4 Å². The van der Waals surface area contributed by atoms with Crippen LogP contribution in [0.15, 0.2) is 71.7 Å². The average molecular weight is 548 g/mol. The van der Waals surface area contributed by atoms with Crippen LogP contribution < -0.4 is 5.73 Å². The number of nitrogens with two attached hydrogens (primary N) is 1. The van der Waals surface area contributed by atoms with E-state index < -0.39 is 11.7 Å². The Morgan fingerprint density at radius 2 is 1.73 bits per heavy atom. The highest BCUT2D eigenvalue weighted by atomic mass is 19.4. The van der Waals surface area contributed by atoms with E-state index in [0.29, 0.717) is 16.6 Å². The molecule has 204 valence electrons. The molecule has 2 heterocycles. The number of carbonyl (C=O) groups is 1. The van der Waals surface area contributed by atoms with Gasteiger partial charge < -0.3 is 10.8 Å². The van der Waals surface area contributed by atoms with E-state index in [9.17, 15) is 23.1 Å². The molecule has 3 N–H and O–H groups in total. The molecule has 0 bridgehead atoms. The number of hydrogen-bond donors (Lipinski definition) is 2. The van der Waals surface area contributed by atoms with Gasteiger partial charge in [0.05, 0.1) is 22.4 Å². The number of benzene rings is 3. The first-order chi connectivity index (χ1) is 19.0. The predicted molar refractivity (Wildman–Crippen MR) is 144 cm³/mol. The fourth-order valence-electron chi connectivity index (χ4n) is 4.64. The van der Waals surface area contributed by atoms with Gasteiger partial charge in [-0.05, 0) is 59.7 Å². The van der Waals surface area contributed by atoms with Crippen molar-refractivity contribution in [3.05, 3.63) is 94.5 Å². The molecule has 0 atom stereocenters. The summed E-state index contributed by atoms with van der Waals surface area (Å²) < 4.78 is 43.7. The number of carbonyl (C=O) groups excluding carboxylic acids is 1. The zero-order chi connectivity index (χ0) is 28.6. The largest absolute Gasteiger partial charge is 0.494 e. The third kappa shape index (κ3) is 5.15. The molecule has 0 aliphatic carbocycles. The van der Waals surface area contributed by atoms with Crippen LogP contribution in [0.1, 0.15) is 27.8 Å². The van der Waals surface area contributed by atoms with Gasteiger partial charge in [0.2, 0.25) is 11.8 Å². The quantitative estimate of drug-likeness (QED) is 0.286. The number of alkyl halides is 3. The van der Waals surface area contributed by atoms with Gasteiger partial charge in [-0.25, -0.2) is 4.68 Å². The second-order valence-corrected chi connectivity index (χ2v) is 9.37. The van der Waals surface area contributed by atoms with Crippen molar-refractivity contribution in [2.75, 3.05) is 12.3 Å². The van der Waals surface area contributed by atoms with Crippen molar-refractivity contribution in [3.63, 3.8) is 0 Å². The number of anilines is 1. The molecule has 3 aromatic carbocycles. The number of nitrogens with zero attached hydrogens (tertiary/aromatic N) is 6. The monoisotopic (exact) mass is 547 g/mol. The normalized spacial score (nSPS) is 12.3. The van der Waals surface area contributed by atoms with Crippen LogP contribution in [-0.2, 0) is 17.5 Å². The zero-order valence-corrected chi connectivity index (χ0v) is 21.5. The topological polar surface area (TPSA) is 124 Å². The number of aromatic nitrogens is 5. The van der Waals surface area contributed by atoms with Crippen LogP contribution in [0.5, 0.6) is 5.88 Å². The summed E-state index contributed by atoms with van der Waals surface area (Å²) in [6.07, 6.45) is -4.59. The fraction of sp³-hybridized carbons (Fsp3) is 0.179. The molecule has 5 aromatic rings. The first-order valence-electron chi connectivity index (χ1n) is 12.2. The van der Waals surface area contributed by atoms with Crippen molar-refractivity contribution in [1.82, 2.24) is 24.8 Å². The minimum absolute atomic E-state index is 0.0322. The molecule has 40 heavy (non-hydrogen) atoms. The lowest BCUT2D eigenvalue weighted by atomic mass is 10.00. The second-order valence-electron chi connectivity index (χ2n) is 9.37. The standard InChI is InChI=1S/C28H24F3N7O2/c1-16-10-17(2)12-20(11-16)38-23-13-19(28(29,30)31)8-9-22(23)24(26(38)40)25(18-6-4-3-5-7-18)33-14-21(39)15-37-27(32)34-35-36-37/h3-13,40H,14-15H2,1-2H3,(H2,32,34,36). The maximum Gasteiger partial charge on any atom is 0.416 e. The van der Waals surface area contributed by atoms with Crippen LogP contribution in [0.2, 0.25) is 0 Å². The molecule has 0 saturated heterocycles. The summed E-state index contributed by atoms with van der Waals surface area (Å²) in [4.78, 5) is 17.3. The molecule has 0 aliphatic heterocycles. The highest BCUT2D eigenvalue weighted by molar-refractivity contribution is 6.22. The summed E-state index contributed by atoms with van der Waals surface area (Å²) in [7, 11) is 0. The number of rotatable bonds is 7. The minimum atomic E-state index is -4.59. The molecule has 0 unspecified atom stereocenters. The summed E-state index contributed by atoms with van der Waals surface area (Å²) in [5, 5.41) is 22.6. The van der Waals surface area contributed by atoms with Crippen LogP contribution >= 0.6 is 0 Å². The number of Topliss-reactive ketones (excluding diaryl/α,β-unsaturated/α-hetero) is 1. The van der Waals surface area contributed by atoms with Crippen molar-refractivity contribution in [2.45, 2.75) is 26.6 Å². The van der Waals surface area contributed by atoms with E-state index in [2.05, 4.69) is 20.5 Å². The van der Waals surface area contributed by atoms with Gasteiger partial charge in [0.1, 0.15) is 13.1 Å². The summed E-state index contributed by atoms with van der Waals surface area (Å²) >= 11 is 0. The Morgan fingerprint density at radius 1 is 1.02 bits per heavy atom. The molecule has 0 saturated carbocycles. The lowest BCUT2D eigenvalue weighted by Gasteiger charge is -2.12. The average Bonchev–Trinajstić information content (AvgIpc) is 3.43. The van der Waals surface area contributed by atoms with Crippen molar-refractivity contribution in [2.24, 2.45) is 4.99 Å². The first kappa shape index (κ1) is 26.6. The Balaban J connectivity index is 1.72. The molecule has 0 amide bonds. The van der Waals surface area contributed by atoms with Crippen LogP contribution in [0, 0.1) is 13.8 Å². The highest BCUT2D eigenvalue weighted by Gasteiger charge is 2.32. The SMILES string of the molecule is Cc1cc(C)cc(-n2c(O)c(C(=NCC(=O)Cn3nnnc3N)c3ccccc3)c3ccc(C(F)(F)F)cc32)c1. The van der Waals surface area contributed by atoms with E-state index in [1.54, 1.807) is 42.5 Å². The van der Waals surface area contributed by atoms with Gasteiger partial charge in [-0.15, -0.1) is 0 Å². The van der Waals surface area contributed by atoms with Crippen molar-refractivity contribution in [3.8, 4) is 11.6 Å². The van der Waals surface area contributed by atoms with E-state index >= 15 is 0 Å². The number of aryl methyl sites for hydroxylation is 2. The van der Waals surface area contributed by atoms with Gasteiger partial charge in [0.25, 0.3) is 0 Å². The number of hydrogen-bond acceptors (Lipinski definition) is 7. The van der Waals surface area contributed by atoms with Gasteiger partial charge >= 0.3 is 6.18 Å². The molecule has 2 aromatic heterocycles. The number of aromatic hydroxyl groups is 1. The summed E-state index contributed by atoms with van der Waals surface area (Å²) in [5.74, 6) is -0.710. The smallest absolute Gasteiger partial charge is 0.416 e. The molecular weight excluding hydrogens is 523 g/mol. The molecule has 0 aliphatic rings. The van der Waals surface area contributed by atoms with Crippen LogP contribution in [0.3, 0.4) is 0 Å². The number of tetrazole rings is 1. The van der Waals surface area contributed by atoms with E-state index in [0.717, 1.165) is 27.9 Å². The molecule has 12 heteroatoms. The number of halogens is 3. The lowest BCUT2D eigenvalue weighted by molar-refractivity contribution is -0.137. The molecule has 0 radical (unpaired) electrons. The van der Waals surface area contributed by atoms with Gasteiger partial charge in [0.15, 0.2) is 5.78 Å². The molecule has 0 fully saturated rings. The fourth-order valence-corrected chi connectivity index (χ4v) is 4.64. The highest BCUT2D eigenvalue weighted by Crippen LogP contribution is 2.40. The summed E-state index contributed by atoms with van der Waals surface area (Å²) in [5.41, 5.74) is 8.17. The zero-order valence-electron chi connectivity index (χ0n) is 21.5. The Hall–Kier alpha value is -5.00. The van der Waals surface area contributed by atoms with Gasteiger partial charge in [-0.2, -0.15) is 13.2 Å². The van der Waals surface area contributed by atoms with Gasteiger partial charge in [0, 0.05) is 16.6 Å². The van der Waals surface area contributed by atoms with Crippen LogP contribution in [0.4, 0.5) is 19.1 Å². The predicted octanol–water partition coefficient (Wildman–Crippen LogP) is 4.65. The molecule has 5 rings (SSSR count). The van der Waals surface area contributed by atoms with E-state index in [1.807, 2.05) is 19.9 Å². The molecule has 9 nitrogen and oxygen atoms in total. The van der Waals surface area contributed by atoms with Crippen LogP contribution in [-0.4, -0.2) is 47.9 Å². The maximum atomic E-state index is 13.7. The first-order valence-corrected chi connectivity index (χ1v) is 12.2. The minimum Gasteiger partial charge on any atom is -0.494 e. The van der Waals surface area contributed by atoms with E-state index in [-0.39, 0.29) is 47.5 Å². The van der Waals surface area contributed by atoms with Crippen molar-refractivity contribution >= 4 is 28.3 Å². The maximum absolute atomic E-state index is 13.7. The number of nitrogen functional groups attached to an aromatic ring is 1. The Kier molecular flexibility index (Phi) is 6.84. The van der Waals surface area contributed by atoms with Gasteiger partial charge in [-0.1, -0.05) is 47.6 Å². The Bertz CT molecular complexity index is 1740.